The van der Waals surface area contributed by atoms with Crippen molar-refractivity contribution in [3.8, 4) is 0 Å². The van der Waals surface area contributed by atoms with Gasteiger partial charge in [0.05, 0.1) is 17.8 Å². The van der Waals surface area contributed by atoms with Gasteiger partial charge in [-0.15, -0.1) is 0 Å². The topological polar surface area (TPSA) is 92.5 Å². The summed E-state index contributed by atoms with van der Waals surface area (Å²) in [5.74, 6) is -1.63. The van der Waals surface area contributed by atoms with E-state index in [1.807, 2.05) is 0 Å². The molecule has 1 atom stereocenters. The largest absolute Gasteiger partial charge is 0.481 e. The Hall–Kier alpha value is -2.35. The second-order valence-electron chi connectivity index (χ2n) is 5.11. The smallest absolute Gasteiger partial charge is 0.311 e. The molecule has 1 unspecified atom stereocenters. The number of carbonyl (C=O) groups is 1. The number of aryl methyl sites for hydroxylation is 1. The van der Waals surface area contributed by atoms with Gasteiger partial charge in [0.2, 0.25) is 0 Å². The Bertz CT molecular complexity index is 828. The summed E-state index contributed by atoms with van der Waals surface area (Å²) >= 11 is 0. The summed E-state index contributed by atoms with van der Waals surface area (Å²) in [6.07, 6.45) is 1.66. The van der Waals surface area contributed by atoms with Crippen LogP contribution in [-0.2, 0) is 21.9 Å². The number of hydrogen-bond acceptors (Lipinski definition) is 4. The third-order valence-corrected chi connectivity index (χ3v) is 5.72. The van der Waals surface area contributed by atoms with Crippen LogP contribution in [0.4, 0.5) is 5.69 Å². The summed E-state index contributed by atoms with van der Waals surface area (Å²) in [6.45, 7) is 0.126. The van der Waals surface area contributed by atoms with Gasteiger partial charge in [-0.2, -0.15) is 13.5 Å². The number of carboxylic acid groups (broad SMARTS) is 1. The Morgan fingerprint density at radius 1 is 1.32 bits per heavy atom. The first kappa shape index (κ1) is 14.6. The minimum Gasteiger partial charge on any atom is -0.481 e. The minimum atomic E-state index is -3.77. The second-order valence-corrected chi connectivity index (χ2v) is 6.92. The first-order valence-electron chi connectivity index (χ1n) is 6.75. The van der Waals surface area contributed by atoms with E-state index in [-0.39, 0.29) is 18.0 Å². The Labute approximate surface area is 127 Å². The molecule has 3 rings (SSSR count). The normalized spacial score (nSPS) is 18.0. The fourth-order valence-electron chi connectivity index (χ4n) is 2.77. The number of benzene rings is 1. The quantitative estimate of drug-likeness (QED) is 0.916. The fourth-order valence-corrected chi connectivity index (χ4v) is 4.38. The summed E-state index contributed by atoms with van der Waals surface area (Å²) in [5, 5.41) is 13.3. The van der Waals surface area contributed by atoms with Crippen molar-refractivity contribution in [1.82, 2.24) is 9.78 Å². The molecule has 0 radical (unpaired) electrons. The first-order chi connectivity index (χ1) is 10.4. The van der Waals surface area contributed by atoms with Gasteiger partial charge < -0.3 is 5.11 Å². The van der Waals surface area contributed by atoms with E-state index in [1.165, 1.54) is 21.3 Å². The van der Waals surface area contributed by atoms with Crippen LogP contribution in [0.2, 0.25) is 0 Å². The molecule has 1 aromatic carbocycles. The Morgan fingerprint density at radius 2 is 2.05 bits per heavy atom. The lowest BCUT2D eigenvalue weighted by Gasteiger charge is -2.33. The van der Waals surface area contributed by atoms with Gasteiger partial charge in [-0.05, 0) is 24.1 Å². The van der Waals surface area contributed by atoms with Crippen molar-refractivity contribution in [2.24, 2.45) is 7.05 Å². The van der Waals surface area contributed by atoms with Gasteiger partial charge >= 0.3 is 5.97 Å². The van der Waals surface area contributed by atoms with E-state index >= 15 is 0 Å². The molecule has 0 amide bonds. The van der Waals surface area contributed by atoms with Gasteiger partial charge in [-0.3, -0.25) is 13.8 Å². The van der Waals surface area contributed by atoms with E-state index in [2.05, 4.69) is 5.10 Å². The number of aliphatic carboxylic acids is 1. The van der Waals surface area contributed by atoms with Crippen molar-refractivity contribution in [3.05, 3.63) is 42.1 Å². The molecule has 1 aliphatic heterocycles. The van der Waals surface area contributed by atoms with Crippen LogP contribution in [0.25, 0.3) is 0 Å². The number of carboxylic acids is 1. The lowest BCUT2D eigenvalue weighted by atomic mass is 9.91. The highest BCUT2D eigenvalue weighted by Crippen LogP contribution is 2.38. The Kier molecular flexibility index (Phi) is 3.40. The van der Waals surface area contributed by atoms with E-state index < -0.39 is 21.9 Å². The maximum absolute atomic E-state index is 12.8. The van der Waals surface area contributed by atoms with Crippen molar-refractivity contribution in [1.29, 1.82) is 0 Å². The molecule has 7 nitrogen and oxygen atoms in total. The lowest BCUT2D eigenvalue weighted by Crippen LogP contribution is -2.38. The summed E-state index contributed by atoms with van der Waals surface area (Å²) < 4.78 is 28.2. The number of para-hydroxylation sites is 1. The molecule has 0 fully saturated rings. The lowest BCUT2D eigenvalue weighted by molar-refractivity contribution is -0.139. The van der Waals surface area contributed by atoms with Crippen molar-refractivity contribution < 1.29 is 18.3 Å². The van der Waals surface area contributed by atoms with Crippen molar-refractivity contribution >= 4 is 21.7 Å². The maximum atomic E-state index is 12.8. The fraction of sp³-hybridized carbons (Fsp3) is 0.286. The highest BCUT2D eigenvalue weighted by atomic mass is 32.2. The molecular weight excluding hydrogens is 306 g/mol. The third-order valence-electron chi connectivity index (χ3n) is 3.83. The average Bonchev–Trinajstić information content (AvgIpc) is 2.92. The van der Waals surface area contributed by atoms with Gasteiger partial charge in [-0.25, -0.2) is 0 Å². The van der Waals surface area contributed by atoms with Gasteiger partial charge in [0, 0.05) is 13.6 Å². The maximum Gasteiger partial charge on any atom is 0.311 e. The van der Waals surface area contributed by atoms with E-state index in [0.29, 0.717) is 11.3 Å². The van der Waals surface area contributed by atoms with Gasteiger partial charge in [-0.1, -0.05) is 18.2 Å². The summed E-state index contributed by atoms with van der Waals surface area (Å²) in [7, 11) is -2.21. The number of sulfonamides is 1. The van der Waals surface area contributed by atoms with E-state index in [0.717, 1.165) is 0 Å². The number of aromatic nitrogens is 2. The molecule has 1 N–H and O–H groups in total. The van der Waals surface area contributed by atoms with Crippen molar-refractivity contribution in [2.75, 3.05) is 10.8 Å². The summed E-state index contributed by atoms with van der Waals surface area (Å²) in [5.41, 5.74) is 0.939. The standard InChI is InChI=1S/C14H15N3O4S/c1-16-13(6-8-15-16)22(20,21)17-9-7-11(14(18)19)10-4-2-3-5-12(10)17/h2-6,8,11H,7,9H2,1H3,(H,18,19). The first-order valence-corrected chi connectivity index (χ1v) is 8.19. The van der Waals surface area contributed by atoms with Gasteiger partial charge in [0.25, 0.3) is 10.0 Å². The molecule has 0 bridgehead atoms. The molecule has 2 heterocycles. The average molecular weight is 321 g/mol. The van der Waals surface area contributed by atoms with Crippen molar-refractivity contribution in [3.63, 3.8) is 0 Å². The van der Waals surface area contributed by atoms with E-state index in [9.17, 15) is 18.3 Å². The minimum absolute atomic E-state index is 0.0797. The molecule has 2 aromatic rings. The number of hydrogen-bond donors (Lipinski definition) is 1. The van der Waals surface area contributed by atoms with Crippen LogP contribution < -0.4 is 4.31 Å². The Balaban J connectivity index is 2.12. The summed E-state index contributed by atoms with van der Waals surface area (Å²) in [4.78, 5) is 11.4. The van der Waals surface area contributed by atoms with E-state index in [4.69, 9.17) is 0 Å². The zero-order valence-electron chi connectivity index (χ0n) is 11.9. The zero-order valence-corrected chi connectivity index (χ0v) is 12.7. The monoisotopic (exact) mass is 321 g/mol. The third kappa shape index (κ3) is 2.16. The molecule has 0 saturated heterocycles. The Morgan fingerprint density at radius 3 is 2.68 bits per heavy atom. The highest BCUT2D eigenvalue weighted by Gasteiger charge is 2.36. The van der Waals surface area contributed by atoms with Crippen LogP contribution in [0, 0.1) is 0 Å². The molecular formula is C14H15N3O4S. The van der Waals surface area contributed by atoms with Crippen LogP contribution in [0.3, 0.4) is 0 Å². The molecule has 22 heavy (non-hydrogen) atoms. The van der Waals surface area contributed by atoms with Crippen LogP contribution >= 0.6 is 0 Å². The number of rotatable bonds is 3. The van der Waals surface area contributed by atoms with Crippen molar-refractivity contribution in [2.45, 2.75) is 17.4 Å². The molecule has 0 aliphatic carbocycles. The SMILES string of the molecule is Cn1nccc1S(=O)(=O)N1CCC(C(=O)O)c2ccccc21. The number of fused-ring (bicyclic) bond motifs is 1. The van der Waals surface area contributed by atoms with Gasteiger partial charge in [0.1, 0.15) is 0 Å². The number of anilines is 1. The van der Waals surface area contributed by atoms with Crippen LogP contribution in [0.1, 0.15) is 17.9 Å². The molecule has 116 valence electrons. The zero-order chi connectivity index (χ0) is 15.9. The van der Waals surface area contributed by atoms with E-state index in [1.54, 1.807) is 31.3 Å². The van der Waals surface area contributed by atoms with Crippen LogP contribution in [0.5, 0.6) is 0 Å². The summed E-state index contributed by atoms with van der Waals surface area (Å²) in [6, 6.07) is 8.16. The molecule has 1 aromatic heterocycles. The molecule has 1 aliphatic rings. The van der Waals surface area contributed by atoms with Crippen LogP contribution in [0.15, 0.2) is 41.6 Å². The predicted octanol–water partition coefficient (Wildman–Crippen LogP) is 1.19. The van der Waals surface area contributed by atoms with Gasteiger partial charge in [0.15, 0.2) is 5.03 Å². The number of nitrogens with zero attached hydrogens (tertiary/aromatic N) is 3. The highest BCUT2D eigenvalue weighted by molar-refractivity contribution is 7.92. The predicted molar refractivity (Wildman–Crippen MR) is 79.2 cm³/mol. The molecule has 0 saturated carbocycles. The second kappa shape index (κ2) is 5.13. The van der Waals surface area contributed by atoms with Crippen LogP contribution in [-0.4, -0.2) is 35.8 Å². The molecule has 0 spiro atoms. The molecule has 8 heteroatoms.